The first-order chi connectivity index (χ1) is 2.83. The molecule has 3 heteroatoms. The van der Waals surface area contributed by atoms with E-state index >= 15 is 0 Å². The zero-order valence-electron chi connectivity index (χ0n) is 6.55. The molecule has 0 heterocycles. The third-order valence-electron chi connectivity index (χ3n) is 0. The van der Waals surface area contributed by atoms with Crippen molar-refractivity contribution in [3.63, 3.8) is 0 Å². The maximum absolute atomic E-state index is 2.00. The summed E-state index contributed by atoms with van der Waals surface area (Å²) in [4.78, 5) is 0. The van der Waals surface area contributed by atoms with Crippen molar-refractivity contribution in [2.24, 2.45) is 0 Å². The molecule has 2 N–H and O–H groups in total. The van der Waals surface area contributed by atoms with Crippen molar-refractivity contribution in [1.82, 2.24) is 0 Å². The van der Waals surface area contributed by atoms with E-state index in [-0.39, 0.29) is 37.2 Å². The average Bonchev–Trinajstić information content (AvgIpc) is 1.39. The zero-order valence-corrected chi connectivity index (χ0v) is 9.01. The van der Waals surface area contributed by atoms with Crippen LogP contribution in [0, 0.1) is 12.8 Å². The fourth-order valence-electron chi connectivity index (χ4n) is 0. The SMILES string of the molecule is C[CH-]C.C[CH-]C.[OH-].[OH-].[Zr+4]. The minimum absolute atomic E-state index is 0. The van der Waals surface area contributed by atoms with E-state index in [4.69, 9.17) is 0 Å². The topological polar surface area (TPSA) is 60.0 Å². The number of hydrogen-bond donors (Lipinski definition) is 0. The van der Waals surface area contributed by atoms with Gasteiger partial charge in [0.25, 0.3) is 0 Å². The molecule has 2 nitrogen and oxygen atoms in total. The summed E-state index contributed by atoms with van der Waals surface area (Å²) in [5.41, 5.74) is 0. The molecule has 0 saturated heterocycles. The smallest absolute Gasteiger partial charge is 0.870 e. The Balaban J connectivity index is -0.00000000889. The van der Waals surface area contributed by atoms with Gasteiger partial charge in [0, 0.05) is 0 Å². The standard InChI is InChI=1S/2C3H7.2H2O.Zr/c2*1-3-2;;;/h2*3H,1-2H3;2*1H2;/q2*-1;;;+4/p-2. The van der Waals surface area contributed by atoms with Gasteiger partial charge in [-0.25, -0.2) is 0 Å². The van der Waals surface area contributed by atoms with Crippen LogP contribution in [0.15, 0.2) is 0 Å². The van der Waals surface area contributed by atoms with Crippen LogP contribution in [0.5, 0.6) is 0 Å². The van der Waals surface area contributed by atoms with Gasteiger partial charge in [-0.05, 0) is 0 Å². The van der Waals surface area contributed by atoms with Crippen LogP contribution in [0.3, 0.4) is 0 Å². The minimum atomic E-state index is 0. The summed E-state index contributed by atoms with van der Waals surface area (Å²) in [5.74, 6) is 0. The van der Waals surface area contributed by atoms with Crippen LogP contribution in [0.2, 0.25) is 0 Å². The molecule has 0 aliphatic carbocycles. The van der Waals surface area contributed by atoms with Crippen LogP contribution in [-0.2, 0) is 26.2 Å². The van der Waals surface area contributed by atoms with Crippen molar-refractivity contribution in [3.8, 4) is 0 Å². The number of hydrogen-bond acceptors (Lipinski definition) is 2. The van der Waals surface area contributed by atoms with Crippen LogP contribution in [0.1, 0.15) is 27.7 Å². The van der Waals surface area contributed by atoms with E-state index in [2.05, 4.69) is 0 Å². The van der Waals surface area contributed by atoms with Gasteiger partial charge in [-0.2, -0.15) is 27.7 Å². The fraction of sp³-hybridized carbons (Fsp3) is 0.667. The van der Waals surface area contributed by atoms with Crippen LogP contribution in [0.25, 0.3) is 0 Å². The van der Waals surface area contributed by atoms with Crippen LogP contribution < -0.4 is 0 Å². The monoisotopic (exact) mass is 210 g/mol. The van der Waals surface area contributed by atoms with E-state index in [0.29, 0.717) is 0 Å². The molecule has 0 aromatic rings. The molecule has 0 amide bonds. The van der Waals surface area contributed by atoms with Gasteiger partial charge in [0.2, 0.25) is 0 Å². The molecular formula is C6H16O2Zr. The predicted octanol–water partition coefficient (Wildman–Crippen LogP) is 2.10. The van der Waals surface area contributed by atoms with Gasteiger partial charge in [0.05, 0.1) is 0 Å². The molecule has 56 valence electrons. The molecule has 0 rings (SSSR count). The molecule has 0 aromatic carbocycles. The van der Waals surface area contributed by atoms with Gasteiger partial charge in [0.1, 0.15) is 0 Å². The average molecular weight is 211 g/mol. The Morgan fingerprint density at radius 1 is 0.667 bits per heavy atom. The van der Waals surface area contributed by atoms with Crippen molar-refractivity contribution in [1.29, 1.82) is 0 Å². The van der Waals surface area contributed by atoms with E-state index in [1.54, 1.807) is 0 Å². The summed E-state index contributed by atoms with van der Waals surface area (Å²) in [6, 6.07) is 0. The van der Waals surface area contributed by atoms with Crippen molar-refractivity contribution in [2.75, 3.05) is 0 Å². The summed E-state index contributed by atoms with van der Waals surface area (Å²) in [6.07, 6.45) is 4.00. The molecule has 0 fully saturated rings. The van der Waals surface area contributed by atoms with E-state index in [1.165, 1.54) is 0 Å². The first-order valence-corrected chi connectivity index (χ1v) is 2.31. The third kappa shape index (κ3) is 632. The second-order valence-electron chi connectivity index (χ2n) is 1.15. The molecule has 0 radical (unpaired) electrons. The van der Waals surface area contributed by atoms with Crippen LogP contribution in [-0.4, -0.2) is 11.0 Å². The molecule has 0 atom stereocenters. The largest absolute Gasteiger partial charge is 4.00 e. The van der Waals surface area contributed by atoms with Crippen molar-refractivity contribution >= 4 is 0 Å². The van der Waals surface area contributed by atoms with E-state index in [1.807, 2.05) is 40.5 Å². The van der Waals surface area contributed by atoms with Gasteiger partial charge < -0.3 is 23.8 Å². The van der Waals surface area contributed by atoms with Crippen molar-refractivity contribution in [3.05, 3.63) is 12.8 Å². The molecule has 0 unspecified atom stereocenters. The first-order valence-electron chi connectivity index (χ1n) is 2.31. The van der Waals surface area contributed by atoms with Crippen molar-refractivity contribution < 1.29 is 37.2 Å². The Kier molecular flexibility index (Phi) is 250. The van der Waals surface area contributed by atoms with Crippen molar-refractivity contribution in [2.45, 2.75) is 27.7 Å². The van der Waals surface area contributed by atoms with Gasteiger partial charge in [-0.15, -0.1) is 0 Å². The summed E-state index contributed by atoms with van der Waals surface area (Å²) in [7, 11) is 0. The normalized spacial score (nSPS) is 4.00. The van der Waals surface area contributed by atoms with Gasteiger partial charge in [-0.3, -0.25) is 0 Å². The van der Waals surface area contributed by atoms with Crippen LogP contribution >= 0.6 is 0 Å². The Bertz CT molecular complexity index is 13.0. The maximum atomic E-state index is 2.00. The molecule has 0 bridgehead atoms. The molecule has 9 heavy (non-hydrogen) atoms. The molecular weight excluding hydrogens is 195 g/mol. The third-order valence-corrected chi connectivity index (χ3v) is 0. The van der Waals surface area contributed by atoms with E-state index < -0.39 is 0 Å². The summed E-state index contributed by atoms with van der Waals surface area (Å²) >= 11 is 0. The van der Waals surface area contributed by atoms with E-state index in [9.17, 15) is 0 Å². The predicted molar refractivity (Wildman–Crippen MR) is 35.2 cm³/mol. The zero-order chi connectivity index (χ0) is 5.41. The fourth-order valence-corrected chi connectivity index (χ4v) is 0. The first kappa shape index (κ1) is 32.9. The molecule has 0 aliphatic rings. The Hall–Kier alpha value is 0.803. The summed E-state index contributed by atoms with van der Waals surface area (Å²) in [5, 5.41) is 0. The Morgan fingerprint density at radius 2 is 0.667 bits per heavy atom. The molecule has 0 aliphatic heterocycles. The molecule has 0 spiro atoms. The Labute approximate surface area is 77.8 Å². The molecule has 0 saturated carbocycles. The van der Waals surface area contributed by atoms with Gasteiger partial charge in [0.15, 0.2) is 0 Å². The second kappa shape index (κ2) is 68.2. The van der Waals surface area contributed by atoms with Crippen LogP contribution in [0.4, 0.5) is 0 Å². The molecule has 0 aromatic heterocycles. The van der Waals surface area contributed by atoms with Gasteiger partial charge >= 0.3 is 26.2 Å². The quantitative estimate of drug-likeness (QED) is 0.576. The maximum Gasteiger partial charge on any atom is 4.00 e. The minimum Gasteiger partial charge on any atom is -0.870 e. The summed E-state index contributed by atoms with van der Waals surface area (Å²) < 4.78 is 0. The summed E-state index contributed by atoms with van der Waals surface area (Å²) in [6.45, 7) is 8.00. The van der Waals surface area contributed by atoms with E-state index in [0.717, 1.165) is 0 Å². The number of rotatable bonds is 0. The second-order valence-corrected chi connectivity index (χ2v) is 1.15. The Morgan fingerprint density at radius 3 is 0.667 bits per heavy atom. The van der Waals surface area contributed by atoms with Gasteiger partial charge in [-0.1, -0.05) is 0 Å².